The van der Waals surface area contributed by atoms with E-state index in [1.165, 1.54) is 0 Å². The van der Waals surface area contributed by atoms with E-state index >= 15 is 0 Å². The summed E-state index contributed by atoms with van der Waals surface area (Å²) in [6.45, 7) is 4.20. The van der Waals surface area contributed by atoms with Crippen molar-refractivity contribution < 1.29 is 4.99 Å². The van der Waals surface area contributed by atoms with Gasteiger partial charge in [-0.1, -0.05) is 6.07 Å². The van der Waals surface area contributed by atoms with Gasteiger partial charge in [-0.2, -0.15) is 0 Å². The van der Waals surface area contributed by atoms with Gasteiger partial charge in [-0.15, -0.1) is 0 Å². The molecule has 2 nitrogen and oxygen atoms in total. The Morgan fingerprint density at radius 1 is 1.42 bits per heavy atom. The number of nitrogen functional groups attached to an aromatic ring is 1. The van der Waals surface area contributed by atoms with Crippen LogP contribution < -0.4 is 10.7 Å². The highest BCUT2D eigenvalue weighted by molar-refractivity contribution is 5.76. The summed E-state index contributed by atoms with van der Waals surface area (Å²) in [5.41, 5.74) is 7.53. The average molecular weight is 163 g/mol. The zero-order chi connectivity index (χ0) is 8.97. The van der Waals surface area contributed by atoms with E-state index in [1.54, 1.807) is 0 Å². The zero-order valence-corrected chi connectivity index (χ0v) is 7.54. The third-order valence-electron chi connectivity index (χ3n) is 1.49. The van der Waals surface area contributed by atoms with Crippen LogP contribution in [-0.2, 0) is 0 Å². The van der Waals surface area contributed by atoms with Gasteiger partial charge < -0.3 is 5.73 Å². The molecule has 0 bridgehead atoms. The van der Waals surface area contributed by atoms with Gasteiger partial charge in [-0.05, 0) is 32.0 Å². The van der Waals surface area contributed by atoms with Gasteiger partial charge in [0, 0.05) is 11.3 Å². The van der Waals surface area contributed by atoms with Crippen LogP contribution in [0.5, 0.6) is 0 Å². The van der Waals surface area contributed by atoms with Crippen molar-refractivity contribution in [3.63, 3.8) is 0 Å². The number of anilines is 1. The molecule has 12 heavy (non-hydrogen) atoms. The topological polar surface area (TPSA) is 40.0 Å². The number of benzene rings is 1. The normalized spacial score (nSPS) is 11.2. The fraction of sp³-hybridized carbons (Fsp3) is 0.300. The highest BCUT2D eigenvalue weighted by atomic mass is 14.7. The van der Waals surface area contributed by atoms with Gasteiger partial charge in [-0.3, -0.25) is 0 Å². The molecule has 0 saturated carbocycles. The predicted molar refractivity (Wildman–Crippen MR) is 52.1 cm³/mol. The Labute approximate surface area is 73.1 Å². The monoisotopic (exact) mass is 163 g/mol. The molecule has 0 radical (unpaired) electrons. The Bertz CT molecular complexity index is 277. The van der Waals surface area contributed by atoms with Crippen LogP contribution in [0.25, 0.3) is 0 Å². The molecule has 0 saturated heterocycles. The maximum Gasteiger partial charge on any atom is 0.169 e. The summed E-state index contributed by atoms with van der Waals surface area (Å²) in [7, 11) is 0. The molecule has 0 fully saturated rings. The number of hydrogen-bond donors (Lipinski definition) is 2. The van der Waals surface area contributed by atoms with E-state index in [0.717, 1.165) is 11.3 Å². The van der Waals surface area contributed by atoms with Gasteiger partial charge in [0.2, 0.25) is 0 Å². The van der Waals surface area contributed by atoms with Gasteiger partial charge in [0.25, 0.3) is 0 Å². The SMILES string of the molecule is CC(C)[NH+]=Cc1cccc(N)c1. The van der Waals surface area contributed by atoms with E-state index in [9.17, 15) is 0 Å². The van der Waals surface area contributed by atoms with Crippen LogP contribution in [0.2, 0.25) is 0 Å². The third-order valence-corrected chi connectivity index (χ3v) is 1.49. The Morgan fingerprint density at radius 2 is 2.17 bits per heavy atom. The molecule has 0 aliphatic heterocycles. The molecular weight excluding hydrogens is 148 g/mol. The van der Waals surface area contributed by atoms with Crippen LogP contribution in [-0.4, -0.2) is 12.3 Å². The molecular formula is C10H15N2+. The zero-order valence-electron chi connectivity index (χ0n) is 7.54. The summed E-state index contributed by atoms with van der Waals surface area (Å²) >= 11 is 0. The molecule has 0 aliphatic carbocycles. The highest BCUT2D eigenvalue weighted by Crippen LogP contribution is 2.02. The lowest BCUT2D eigenvalue weighted by Crippen LogP contribution is -2.74. The summed E-state index contributed by atoms with van der Waals surface area (Å²) in [5, 5.41) is 0. The predicted octanol–water partition coefficient (Wildman–Crippen LogP) is 0.177. The first kappa shape index (κ1) is 8.78. The molecule has 2 heteroatoms. The number of nitrogens with two attached hydrogens (primary N) is 1. The molecule has 1 aromatic carbocycles. The van der Waals surface area contributed by atoms with Crippen molar-refractivity contribution in [1.82, 2.24) is 0 Å². The Morgan fingerprint density at radius 3 is 2.75 bits per heavy atom. The van der Waals surface area contributed by atoms with Gasteiger partial charge in [0.1, 0.15) is 6.04 Å². The molecule has 0 amide bonds. The molecule has 0 aliphatic rings. The van der Waals surface area contributed by atoms with Crippen LogP contribution in [0, 0.1) is 0 Å². The lowest BCUT2D eigenvalue weighted by Gasteiger charge is -1.92. The van der Waals surface area contributed by atoms with Crippen LogP contribution in [0.15, 0.2) is 24.3 Å². The maximum absolute atomic E-state index is 5.62. The van der Waals surface area contributed by atoms with Crippen molar-refractivity contribution >= 4 is 11.9 Å². The van der Waals surface area contributed by atoms with E-state index in [-0.39, 0.29) is 0 Å². The molecule has 0 heterocycles. The summed E-state index contributed by atoms with van der Waals surface area (Å²) in [6, 6.07) is 8.25. The minimum atomic E-state index is 0.464. The highest BCUT2D eigenvalue weighted by Gasteiger charge is 1.94. The van der Waals surface area contributed by atoms with Gasteiger partial charge >= 0.3 is 0 Å². The third kappa shape index (κ3) is 2.74. The van der Waals surface area contributed by atoms with E-state index in [2.05, 4.69) is 18.8 Å². The minimum absolute atomic E-state index is 0.464. The standard InChI is InChI=1S/C10H14N2/c1-8(2)12-7-9-4-3-5-10(11)6-9/h3-8H,11H2,1-2H3/p+1. The Hall–Kier alpha value is -1.31. The maximum atomic E-state index is 5.62. The van der Waals surface area contributed by atoms with Crippen LogP contribution in [0.1, 0.15) is 19.4 Å². The smallest absolute Gasteiger partial charge is 0.169 e. The molecule has 0 aromatic heterocycles. The number of nitrogens with one attached hydrogen (secondary N) is 1. The Kier molecular flexibility index (Phi) is 2.86. The molecule has 1 aromatic rings. The van der Waals surface area contributed by atoms with E-state index in [4.69, 9.17) is 5.73 Å². The van der Waals surface area contributed by atoms with E-state index in [0.29, 0.717) is 6.04 Å². The summed E-state index contributed by atoms with van der Waals surface area (Å²) in [6.07, 6.45) is 1.97. The second-order valence-electron chi connectivity index (χ2n) is 3.14. The van der Waals surface area contributed by atoms with Crippen molar-refractivity contribution in [3.8, 4) is 0 Å². The van der Waals surface area contributed by atoms with Crippen LogP contribution in [0.3, 0.4) is 0 Å². The second kappa shape index (κ2) is 3.90. The van der Waals surface area contributed by atoms with Crippen molar-refractivity contribution in [2.45, 2.75) is 19.9 Å². The summed E-state index contributed by atoms with van der Waals surface area (Å²) < 4.78 is 0. The van der Waals surface area contributed by atoms with E-state index < -0.39 is 0 Å². The first-order valence-electron chi connectivity index (χ1n) is 4.13. The minimum Gasteiger partial charge on any atom is -0.399 e. The van der Waals surface area contributed by atoms with E-state index in [1.807, 2.05) is 30.5 Å². The Balaban J connectivity index is 2.76. The molecule has 0 unspecified atom stereocenters. The molecule has 0 spiro atoms. The van der Waals surface area contributed by atoms with Crippen LogP contribution >= 0.6 is 0 Å². The van der Waals surface area contributed by atoms with Crippen molar-refractivity contribution in [3.05, 3.63) is 29.8 Å². The fourth-order valence-corrected chi connectivity index (χ4v) is 0.912. The van der Waals surface area contributed by atoms with Crippen molar-refractivity contribution in [2.24, 2.45) is 0 Å². The number of hydrogen-bond acceptors (Lipinski definition) is 1. The molecule has 1 rings (SSSR count). The molecule has 0 atom stereocenters. The van der Waals surface area contributed by atoms with Gasteiger partial charge in [0.05, 0.1) is 0 Å². The first-order valence-corrected chi connectivity index (χ1v) is 4.13. The quantitative estimate of drug-likeness (QED) is 0.474. The van der Waals surface area contributed by atoms with Gasteiger partial charge in [-0.25, -0.2) is 4.99 Å². The number of rotatable bonds is 2. The average Bonchev–Trinajstić information content (AvgIpc) is 2.01. The largest absolute Gasteiger partial charge is 0.399 e. The summed E-state index contributed by atoms with van der Waals surface area (Å²) in [4.78, 5) is 3.21. The lowest BCUT2D eigenvalue weighted by atomic mass is 10.2. The van der Waals surface area contributed by atoms with Crippen molar-refractivity contribution in [1.29, 1.82) is 0 Å². The molecule has 64 valence electrons. The lowest BCUT2D eigenvalue weighted by molar-refractivity contribution is -0.487. The van der Waals surface area contributed by atoms with Gasteiger partial charge in [0.15, 0.2) is 6.21 Å². The first-order chi connectivity index (χ1) is 5.68. The summed E-state index contributed by atoms with van der Waals surface area (Å²) in [5.74, 6) is 0. The fourth-order valence-electron chi connectivity index (χ4n) is 0.912. The van der Waals surface area contributed by atoms with Crippen molar-refractivity contribution in [2.75, 3.05) is 5.73 Å². The second-order valence-corrected chi connectivity index (χ2v) is 3.14. The molecule has 3 N–H and O–H groups in total. The van der Waals surface area contributed by atoms with Crippen LogP contribution in [0.4, 0.5) is 5.69 Å².